The van der Waals surface area contributed by atoms with E-state index in [9.17, 15) is 13.2 Å². The minimum Gasteiger partial charge on any atom is -0.341 e. The Morgan fingerprint density at radius 2 is 2.17 bits per heavy atom. The van der Waals surface area contributed by atoms with Crippen molar-refractivity contribution in [3.8, 4) is 11.4 Å². The monoisotopic (exact) mass is 367 g/mol. The Morgan fingerprint density at radius 1 is 1.42 bits per heavy atom. The van der Waals surface area contributed by atoms with Gasteiger partial charge in [-0.05, 0) is 18.6 Å². The molecule has 0 aromatic carbocycles. The van der Waals surface area contributed by atoms with Gasteiger partial charge >= 0.3 is 0 Å². The maximum absolute atomic E-state index is 12.2. The summed E-state index contributed by atoms with van der Waals surface area (Å²) in [7, 11) is -1.36. The number of pyridine rings is 1. The second-order valence-corrected chi connectivity index (χ2v) is 8.72. The van der Waals surface area contributed by atoms with Crippen LogP contribution in [0.1, 0.15) is 6.42 Å². The van der Waals surface area contributed by atoms with Crippen molar-refractivity contribution in [2.45, 2.75) is 17.6 Å². The van der Waals surface area contributed by atoms with Gasteiger partial charge in [0.1, 0.15) is 0 Å². The third-order valence-electron chi connectivity index (χ3n) is 3.89. The molecule has 2 aromatic heterocycles. The van der Waals surface area contributed by atoms with Crippen LogP contribution < -0.4 is 0 Å². The van der Waals surface area contributed by atoms with E-state index in [2.05, 4.69) is 20.2 Å². The summed E-state index contributed by atoms with van der Waals surface area (Å²) in [4.78, 5) is 22.0. The van der Waals surface area contributed by atoms with Crippen molar-refractivity contribution >= 4 is 27.5 Å². The zero-order chi connectivity index (χ0) is 17.2. The summed E-state index contributed by atoms with van der Waals surface area (Å²) in [6.45, 7) is 0. The predicted octanol–water partition coefficient (Wildman–Crippen LogP) is 0.604. The Labute approximate surface area is 144 Å². The lowest BCUT2D eigenvalue weighted by atomic mass is 10.2. The lowest BCUT2D eigenvalue weighted by Gasteiger charge is -2.22. The topological polar surface area (TPSA) is 109 Å². The third-order valence-corrected chi connectivity index (χ3v) is 6.48. The second-order valence-electron chi connectivity index (χ2n) is 5.55. The number of hydrogen-bond acceptors (Lipinski definition) is 7. The highest BCUT2D eigenvalue weighted by Crippen LogP contribution is 2.21. The molecule has 3 rings (SSSR count). The Bertz CT molecular complexity index is 822. The first-order valence-electron chi connectivity index (χ1n) is 7.36. The molecule has 0 saturated carbocycles. The van der Waals surface area contributed by atoms with Gasteiger partial charge in [-0.2, -0.15) is 0 Å². The molecule has 1 amide bonds. The van der Waals surface area contributed by atoms with Crippen LogP contribution in [0.15, 0.2) is 29.7 Å². The Kier molecular flexibility index (Phi) is 4.86. The van der Waals surface area contributed by atoms with Crippen molar-refractivity contribution in [3.05, 3.63) is 24.5 Å². The molecule has 10 heteroatoms. The van der Waals surface area contributed by atoms with Crippen LogP contribution in [0.5, 0.6) is 0 Å². The summed E-state index contributed by atoms with van der Waals surface area (Å²) >= 11 is 1.22. The molecular weight excluding hydrogens is 350 g/mol. The number of aromatic nitrogens is 4. The average molecular weight is 367 g/mol. The number of nitrogens with one attached hydrogen (secondary N) is 1. The minimum absolute atomic E-state index is 0.0484. The van der Waals surface area contributed by atoms with Crippen molar-refractivity contribution in [2.24, 2.45) is 0 Å². The first kappa shape index (κ1) is 16.9. The van der Waals surface area contributed by atoms with E-state index in [1.54, 1.807) is 19.4 Å². The molecule has 8 nitrogen and oxygen atoms in total. The predicted molar refractivity (Wildman–Crippen MR) is 90.2 cm³/mol. The fourth-order valence-corrected chi connectivity index (χ4v) is 4.96. The molecule has 1 aliphatic heterocycles. The van der Waals surface area contributed by atoms with Gasteiger partial charge in [0, 0.05) is 31.0 Å². The van der Waals surface area contributed by atoms with Crippen molar-refractivity contribution < 1.29 is 13.2 Å². The molecule has 0 bridgehead atoms. The van der Waals surface area contributed by atoms with Gasteiger partial charge in [-0.1, -0.05) is 11.8 Å². The van der Waals surface area contributed by atoms with Crippen molar-refractivity contribution in [2.75, 3.05) is 24.3 Å². The highest BCUT2D eigenvalue weighted by Gasteiger charge is 2.32. The summed E-state index contributed by atoms with van der Waals surface area (Å²) in [6.07, 6.45) is 3.83. The zero-order valence-electron chi connectivity index (χ0n) is 13.0. The van der Waals surface area contributed by atoms with Crippen LogP contribution in [-0.2, 0) is 14.6 Å². The van der Waals surface area contributed by atoms with E-state index in [-0.39, 0.29) is 29.2 Å². The standard InChI is InChI=1S/C14H17N5O3S2/c1-19(11-4-7-24(21,22)9-11)12(20)8-23-14-16-13(17-18-14)10-2-5-15-6-3-10/h2-3,5-6,11H,4,7-9H2,1H3,(H,16,17,18)/t11-/m1/s1. The van der Waals surface area contributed by atoms with Gasteiger partial charge in [0.15, 0.2) is 15.7 Å². The van der Waals surface area contributed by atoms with Crippen LogP contribution in [0.3, 0.4) is 0 Å². The molecule has 1 N–H and O–H groups in total. The van der Waals surface area contributed by atoms with Crippen LogP contribution in [0.4, 0.5) is 0 Å². The third kappa shape index (κ3) is 3.93. The first-order chi connectivity index (χ1) is 11.4. The number of carbonyl (C=O) groups is 1. The van der Waals surface area contributed by atoms with Gasteiger partial charge in [0.2, 0.25) is 11.1 Å². The average Bonchev–Trinajstić information content (AvgIpc) is 3.19. The number of sulfone groups is 1. The maximum Gasteiger partial charge on any atom is 0.233 e. The molecule has 1 saturated heterocycles. The van der Waals surface area contributed by atoms with E-state index in [0.717, 1.165) is 5.56 Å². The molecular formula is C14H17N5O3S2. The number of nitrogens with zero attached hydrogens (tertiary/aromatic N) is 4. The largest absolute Gasteiger partial charge is 0.341 e. The number of carbonyl (C=O) groups excluding carboxylic acids is 1. The molecule has 3 heterocycles. The molecule has 0 spiro atoms. The number of H-pyrrole nitrogens is 1. The van der Waals surface area contributed by atoms with Crippen LogP contribution in [-0.4, -0.2) is 69.7 Å². The number of hydrogen-bond donors (Lipinski definition) is 1. The van der Waals surface area contributed by atoms with Gasteiger partial charge in [0.05, 0.1) is 17.3 Å². The summed E-state index contributed by atoms with van der Waals surface area (Å²) in [5.74, 6) is 0.853. The highest BCUT2D eigenvalue weighted by molar-refractivity contribution is 7.99. The van der Waals surface area contributed by atoms with Gasteiger partial charge < -0.3 is 4.90 Å². The molecule has 0 unspecified atom stereocenters. The van der Waals surface area contributed by atoms with Crippen LogP contribution in [0.25, 0.3) is 11.4 Å². The highest BCUT2D eigenvalue weighted by atomic mass is 32.2. The second kappa shape index (κ2) is 6.89. The molecule has 0 aliphatic carbocycles. The molecule has 1 aliphatic rings. The Morgan fingerprint density at radius 3 is 2.83 bits per heavy atom. The molecule has 0 radical (unpaired) electrons. The number of aromatic amines is 1. The number of rotatable bonds is 5. The summed E-state index contributed by atoms with van der Waals surface area (Å²) in [5, 5.41) is 7.39. The lowest BCUT2D eigenvalue weighted by molar-refractivity contribution is -0.128. The van der Waals surface area contributed by atoms with Crippen molar-refractivity contribution in [1.29, 1.82) is 0 Å². The molecule has 1 atom stereocenters. The quantitative estimate of drug-likeness (QED) is 0.771. The first-order valence-corrected chi connectivity index (χ1v) is 10.2. The molecule has 128 valence electrons. The Hall–Kier alpha value is -1.94. The molecule has 1 fully saturated rings. The fraction of sp³-hybridized carbons (Fsp3) is 0.429. The van der Waals surface area contributed by atoms with E-state index >= 15 is 0 Å². The summed E-state index contributed by atoms with van der Waals surface area (Å²) in [5.41, 5.74) is 0.865. The summed E-state index contributed by atoms with van der Waals surface area (Å²) < 4.78 is 23.0. The van der Waals surface area contributed by atoms with E-state index in [4.69, 9.17) is 0 Å². The van der Waals surface area contributed by atoms with Crippen LogP contribution in [0, 0.1) is 0 Å². The van der Waals surface area contributed by atoms with E-state index in [1.807, 2.05) is 12.1 Å². The van der Waals surface area contributed by atoms with Crippen LogP contribution >= 0.6 is 11.8 Å². The number of amides is 1. The smallest absolute Gasteiger partial charge is 0.233 e. The minimum atomic E-state index is -3.00. The van der Waals surface area contributed by atoms with Crippen molar-refractivity contribution in [3.63, 3.8) is 0 Å². The van der Waals surface area contributed by atoms with E-state index in [0.29, 0.717) is 17.4 Å². The number of thioether (sulfide) groups is 1. The summed E-state index contributed by atoms with van der Waals surface area (Å²) in [6, 6.07) is 3.39. The van der Waals surface area contributed by atoms with Gasteiger partial charge in [-0.15, -0.1) is 5.10 Å². The molecule has 24 heavy (non-hydrogen) atoms. The lowest BCUT2D eigenvalue weighted by Crippen LogP contribution is -2.38. The molecule has 2 aromatic rings. The van der Waals surface area contributed by atoms with Crippen LogP contribution in [0.2, 0.25) is 0 Å². The maximum atomic E-state index is 12.2. The van der Waals surface area contributed by atoms with Gasteiger partial charge in [0.25, 0.3) is 0 Å². The fourth-order valence-electron chi connectivity index (χ4n) is 2.46. The van der Waals surface area contributed by atoms with E-state index in [1.165, 1.54) is 16.7 Å². The van der Waals surface area contributed by atoms with E-state index < -0.39 is 9.84 Å². The SMILES string of the molecule is CN(C(=O)CSc1n[nH]c(-c2ccncc2)n1)[C@@H]1CCS(=O)(=O)C1. The normalized spacial score (nSPS) is 19.3. The Balaban J connectivity index is 1.56. The van der Waals surface area contributed by atoms with Crippen molar-refractivity contribution in [1.82, 2.24) is 25.1 Å². The van der Waals surface area contributed by atoms with Gasteiger partial charge in [-0.25, -0.2) is 13.4 Å². The zero-order valence-corrected chi connectivity index (χ0v) is 14.7. The van der Waals surface area contributed by atoms with Gasteiger partial charge in [-0.3, -0.25) is 14.9 Å².